The first-order valence-corrected chi connectivity index (χ1v) is 9.46. The predicted molar refractivity (Wildman–Crippen MR) is 108 cm³/mol. The van der Waals surface area contributed by atoms with Crippen LogP contribution in [0.2, 0.25) is 0 Å². The standard InChI is InChI=1S/C22H18N2O3S/c1-15(25)24-13-20-10-11-22(28-20)21(26)14-27-19-8-6-18(7-9-19)17-4-2-16(12-23)3-5-17/h2-11H,13-14H2,1H3,(H,24,25). The number of nitriles is 1. The molecule has 0 spiro atoms. The van der Waals surface area contributed by atoms with Crippen molar-refractivity contribution in [3.8, 4) is 22.9 Å². The zero-order valence-corrected chi connectivity index (χ0v) is 16.1. The molecule has 1 aromatic heterocycles. The lowest BCUT2D eigenvalue weighted by Gasteiger charge is -2.06. The third kappa shape index (κ3) is 5.06. The molecule has 1 N–H and O–H groups in total. The van der Waals surface area contributed by atoms with Crippen molar-refractivity contribution in [3.63, 3.8) is 0 Å². The lowest BCUT2D eigenvalue weighted by atomic mass is 10.0. The summed E-state index contributed by atoms with van der Waals surface area (Å²) in [6, 6.07) is 20.5. The van der Waals surface area contributed by atoms with Crippen molar-refractivity contribution < 1.29 is 14.3 Å². The molecule has 0 saturated heterocycles. The minimum Gasteiger partial charge on any atom is -0.485 e. The predicted octanol–water partition coefficient (Wildman–Crippen LogP) is 4.18. The molecule has 3 aromatic rings. The molecule has 140 valence electrons. The van der Waals surface area contributed by atoms with Crippen LogP contribution in [0.3, 0.4) is 0 Å². The summed E-state index contributed by atoms with van der Waals surface area (Å²) in [5.41, 5.74) is 2.63. The van der Waals surface area contributed by atoms with Gasteiger partial charge in [-0.3, -0.25) is 9.59 Å². The van der Waals surface area contributed by atoms with E-state index in [-0.39, 0.29) is 18.3 Å². The van der Waals surface area contributed by atoms with Gasteiger partial charge in [0.1, 0.15) is 5.75 Å². The van der Waals surface area contributed by atoms with Crippen molar-refractivity contribution in [2.45, 2.75) is 13.5 Å². The molecular weight excluding hydrogens is 372 g/mol. The van der Waals surface area contributed by atoms with E-state index in [0.717, 1.165) is 16.0 Å². The Morgan fingerprint density at radius 3 is 2.25 bits per heavy atom. The third-order valence-electron chi connectivity index (χ3n) is 4.02. The lowest BCUT2D eigenvalue weighted by molar-refractivity contribution is -0.119. The summed E-state index contributed by atoms with van der Waals surface area (Å²) in [6.07, 6.45) is 0. The van der Waals surface area contributed by atoms with Crippen molar-refractivity contribution in [1.82, 2.24) is 5.32 Å². The monoisotopic (exact) mass is 390 g/mol. The van der Waals surface area contributed by atoms with E-state index in [1.54, 1.807) is 18.2 Å². The highest BCUT2D eigenvalue weighted by atomic mass is 32.1. The van der Waals surface area contributed by atoms with Gasteiger partial charge in [-0.15, -0.1) is 11.3 Å². The van der Waals surface area contributed by atoms with Gasteiger partial charge in [0.25, 0.3) is 0 Å². The Morgan fingerprint density at radius 1 is 1.00 bits per heavy atom. The summed E-state index contributed by atoms with van der Waals surface area (Å²) >= 11 is 1.35. The van der Waals surface area contributed by atoms with Gasteiger partial charge in [-0.2, -0.15) is 5.26 Å². The largest absolute Gasteiger partial charge is 0.485 e. The minimum atomic E-state index is -0.103. The number of carbonyl (C=O) groups is 2. The summed E-state index contributed by atoms with van der Waals surface area (Å²) in [7, 11) is 0. The number of amides is 1. The van der Waals surface area contributed by atoms with Gasteiger partial charge in [0.05, 0.1) is 23.1 Å². The van der Waals surface area contributed by atoms with Crippen LogP contribution in [0.25, 0.3) is 11.1 Å². The molecule has 0 unspecified atom stereocenters. The van der Waals surface area contributed by atoms with Gasteiger partial charge in [-0.05, 0) is 47.5 Å². The zero-order chi connectivity index (χ0) is 19.9. The van der Waals surface area contributed by atoms with E-state index in [2.05, 4.69) is 11.4 Å². The number of ketones is 1. The molecule has 0 aliphatic carbocycles. The van der Waals surface area contributed by atoms with Crippen LogP contribution in [0.4, 0.5) is 0 Å². The third-order valence-corrected chi connectivity index (χ3v) is 5.15. The van der Waals surface area contributed by atoms with Crippen LogP contribution >= 0.6 is 11.3 Å². The highest BCUT2D eigenvalue weighted by molar-refractivity contribution is 7.14. The molecule has 1 heterocycles. The number of benzene rings is 2. The highest BCUT2D eigenvalue weighted by Crippen LogP contribution is 2.23. The van der Waals surface area contributed by atoms with Gasteiger partial charge in [0, 0.05) is 11.8 Å². The molecular formula is C22H18N2O3S. The number of ether oxygens (including phenoxy) is 1. The van der Waals surface area contributed by atoms with Crippen LogP contribution in [-0.2, 0) is 11.3 Å². The Balaban J connectivity index is 1.56. The number of thiophene rings is 1. The molecule has 0 radical (unpaired) electrons. The molecule has 0 saturated carbocycles. The number of hydrogen-bond donors (Lipinski definition) is 1. The molecule has 0 aliphatic rings. The Bertz CT molecular complexity index is 1020. The number of Topliss-reactive ketones (excluding diaryl/α,β-unsaturated/α-hetero) is 1. The maximum absolute atomic E-state index is 12.3. The number of nitrogens with one attached hydrogen (secondary N) is 1. The van der Waals surface area contributed by atoms with Crippen molar-refractivity contribution in [2.75, 3.05) is 6.61 Å². The first-order valence-electron chi connectivity index (χ1n) is 8.65. The van der Waals surface area contributed by atoms with E-state index < -0.39 is 0 Å². The molecule has 0 aliphatic heterocycles. The average molecular weight is 390 g/mol. The molecule has 6 heteroatoms. The van der Waals surface area contributed by atoms with E-state index in [0.29, 0.717) is 22.7 Å². The van der Waals surface area contributed by atoms with Crippen molar-refractivity contribution in [1.29, 1.82) is 5.26 Å². The SMILES string of the molecule is CC(=O)NCc1ccc(C(=O)COc2ccc(-c3ccc(C#N)cc3)cc2)s1. The lowest BCUT2D eigenvalue weighted by Crippen LogP contribution is -2.18. The molecule has 3 rings (SSSR count). The van der Waals surface area contributed by atoms with Gasteiger partial charge in [0.2, 0.25) is 11.7 Å². The first-order chi connectivity index (χ1) is 13.5. The van der Waals surface area contributed by atoms with Crippen LogP contribution in [0.15, 0.2) is 60.7 Å². The molecule has 28 heavy (non-hydrogen) atoms. The van der Waals surface area contributed by atoms with Crippen LogP contribution in [0.5, 0.6) is 5.75 Å². The molecule has 0 atom stereocenters. The normalized spacial score (nSPS) is 10.1. The van der Waals surface area contributed by atoms with E-state index in [4.69, 9.17) is 10.00 Å². The second-order valence-electron chi connectivity index (χ2n) is 6.10. The summed E-state index contributed by atoms with van der Waals surface area (Å²) in [6.45, 7) is 1.83. The summed E-state index contributed by atoms with van der Waals surface area (Å²) in [5.74, 6) is 0.407. The van der Waals surface area contributed by atoms with Gasteiger partial charge >= 0.3 is 0 Å². The van der Waals surface area contributed by atoms with Crippen molar-refractivity contribution in [3.05, 3.63) is 76.0 Å². The molecule has 0 bridgehead atoms. The highest BCUT2D eigenvalue weighted by Gasteiger charge is 2.11. The number of hydrogen-bond acceptors (Lipinski definition) is 5. The molecule has 2 aromatic carbocycles. The average Bonchev–Trinajstić information content (AvgIpc) is 3.20. The van der Waals surface area contributed by atoms with Crippen LogP contribution in [0.1, 0.15) is 27.0 Å². The molecule has 0 fully saturated rings. The Labute approximate surface area is 167 Å². The molecule has 5 nitrogen and oxygen atoms in total. The van der Waals surface area contributed by atoms with E-state index in [1.165, 1.54) is 18.3 Å². The Hall–Kier alpha value is -3.43. The van der Waals surface area contributed by atoms with Crippen LogP contribution in [0, 0.1) is 11.3 Å². The van der Waals surface area contributed by atoms with Gasteiger partial charge < -0.3 is 10.1 Å². The van der Waals surface area contributed by atoms with Gasteiger partial charge in [-0.1, -0.05) is 24.3 Å². The fourth-order valence-electron chi connectivity index (χ4n) is 2.54. The number of nitrogens with zero attached hydrogens (tertiary/aromatic N) is 1. The second-order valence-corrected chi connectivity index (χ2v) is 7.27. The second kappa shape index (κ2) is 8.98. The zero-order valence-electron chi connectivity index (χ0n) is 15.3. The smallest absolute Gasteiger partial charge is 0.217 e. The van der Waals surface area contributed by atoms with Crippen molar-refractivity contribution in [2.24, 2.45) is 0 Å². The van der Waals surface area contributed by atoms with Gasteiger partial charge in [-0.25, -0.2) is 0 Å². The number of rotatable bonds is 7. The van der Waals surface area contributed by atoms with E-state index >= 15 is 0 Å². The topological polar surface area (TPSA) is 79.2 Å². The quantitative estimate of drug-likeness (QED) is 0.614. The van der Waals surface area contributed by atoms with Crippen molar-refractivity contribution >= 4 is 23.0 Å². The van der Waals surface area contributed by atoms with Crippen LogP contribution in [-0.4, -0.2) is 18.3 Å². The maximum Gasteiger partial charge on any atom is 0.217 e. The Morgan fingerprint density at radius 2 is 1.64 bits per heavy atom. The van der Waals surface area contributed by atoms with E-state index in [9.17, 15) is 9.59 Å². The molecule has 1 amide bonds. The summed E-state index contributed by atoms with van der Waals surface area (Å²) in [4.78, 5) is 24.8. The summed E-state index contributed by atoms with van der Waals surface area (Å²) < 4.78 is 5.60. The summed E-state index contributed by atoms with van der Waals surface area (Å²) in [5, 5.41) is 11.6. The maximum atomic E-state index is 12.3. The minimum absolute atomic E-state index is 0.0453. The van der Waals surface area contributed by atoms with Crippen LogP contribution < -0.4 is 10.1 Å². The first kappa shape index (κ1) is 19.3. The fraction of sp³-hybridized carbons (Fsp3) is 0.136. The Kier molecular flexibility index (Phi) is 6.20. The van der Waals surface area contributed by atoms with Gasteiger partial charge in [0.15, 0.2) is 6.61 Å². The van der Waals surface area contributed by atoms with E-state index in [1.807, 2.05) is 42.5 Å². The fourth-order valence-corrected chi connectivity index (χ4v) is 3.41. The number of carbonyl (C=O) groups excluding carboxylic acids is 2.